The molecule has 1 aromatic heterocycles. The molecule has 10 heavy (non-hydrogen) atoms. The molecule has 1 N–H and O–H groups in total. The quantitative estimate of drug-likeness (QED) is 0.676. The first-order valence-electron chi connectivity index (χ1n) is 3.09. The molecule has 0 unspecified atom stereocenters. The highest BCUT2D eigenvalue weighted by molar-refractivity contribution is 5.56. The maximum atomic E-state index is 8.61. The first-order chi connectivity index (χ1) is 4.74. The van der Waals surface area contributed by atoms with Crippen molar-refractivity contribution in [1.82, 2.24) is 0 Å². The fraction of sp³-hybridized carbons (Fsp3) is 0.250. The lowest BCUT2D eigenvalue weighted by molar-refractivity contribution is 0.246. The maximum Gasteiger partial charge on any atom is 0.130 e. The molecule has 54 valence electrons. The molecule has 2 nitrogen and oxygen atoms in total. The number of rotatable bonds is 2. The Morgan fingerprint density at radius 2 is 2.40 bits per heavy atom. The van der Waals surface area contributed by atoms with Crippen LogP contribution in [0.2, 0.25) is 0 Å². The Labute approximate surface area is 59.8 Å². The van der Waals surface area contributed by atoms with Gasteiger partial charge in [0.2, 0.25) is 0 Å². The number of aliphatic hydroxyl groups excluding tert-OH is 1. The third-order valence-electron chi connectivity index (χ3n) is 1.24. The minimum Gasteiger partial charge on any atom is -0.459 e. The van der Waals surface area contributed by atoms with Gasteiger partial charge in [-0.25, -0.2) is 0 Å². The maximum absolute atomic E-state index is 8.61. The summed E-state index contributed by atoms with van der Waals surface area (Å²) in [5.41, 5.74) is 0.875. The Balaban J connectivity index is 2.88. The van der Waals surface area contributed by atoms with E-state index >= 15 is 0 Å². The van der Waals surface area contributed by atoms with E-state index in [0.717, 1.165) is 11.3 Å². The van der Waals surface area contributed by atoms with Crippen LogP contribution >= 0.6 is 0 Å². The zero-order chi connectivity index (χ0) is 7.56. The van der Waals surface area contributed by atoms with Crippen LogP contribution in [0.4, 0.5) is 0 Å². The molecular formula is C8H10O2. The summed E-state index contributed by atoms with van der Waals surface area (Å²) >= 11 is 0. The number of hydrogen-bond donors (Lipinski definition) is 1. The van der Waals surface area contributed by atoms with Crippen molar-refractivity contribution in [1.29, 1.82) is 0 Å². The summed E-state index contributed by atoms with van der Waals surface area (Å²) in [6.07, 6.45) is 0. The minimum absolute atomic E-state index is 0.0483. The van der Waals surface area contributed by atoms with Crippen molar-refractivity contribution in [2.45, 2.75) is 13.5 Å². The molecule has 1 heterocycles. The monoisotopic (exact) mass is 138 g/mol. The number of aliphatic hydroxyl groups is 1. The summed E-state index contributed by atoms with van der Waals surface area (Å²) in [6, 6.07) is 3.54. The van der Waals surface area contributed by atoms with Crippen molar-refractivity contribution in [2.75, 3.05) is 0 Å². The van der Waals surface area contributed by atoms with E-state index in [1.165, 1.54) is 0 Å². The van der Waals surface area contributed by atoms with Crippen LogP contribution in [0.1, 0.15) is 18.4 Å². The molecule has 1 rings (SSSR count). The lowest BCUT2D eigenvalue weighted by Gasteiger charge is -1.90. The average Bonchev–Trinajstić information content (AvgIpc) is 2.34. The first-order valence-corrected chi connectivity index (χ1v) is 3.09. The van der Waals surface area contributed by atoms with Crippen molar-refractivity contribution in [3.05, 3.63) is 30.2 Å². The molecule has 0 radical (unpaired) electrons. The Morgan fingerprint density at radius 3 is 2.70 bits per heavy atom. The lowest BCUT2D eigenvalue weighted by atomic mass is 10.3. The second kappa shape index (κ2) is 2.71. The fourth-order valence-corrected chi connectivity index (χ4v) is 0.692. The molecule has 0 saturated carbocycles. The summed E-state index contributed by atoms with van der Waals surface area (Å²) < 4.78 is 5.14. The third-order valence-corrected chi connectivity index (χ3v) is 1.24. The average molecular weight is 138 g/mol. The zero-order valence-corrected chi connectivity index (χ0v) is 5.92. The van der Waals surface area contributed by atoms with Crippen molar-refractivity contribution >= 4 is 5.57 Å². The molecule has 0 aliphatic carbocycles. The van der Waals surface area contributed by atoms with E-state index in [1.807, 2.05) is 6.92 Å². The molecule has 0 fully saturated rings. The van der Waals surface area contributed by atoms with Crippen LogP contribution < -0.4 is 0 Å². The molecular weight excluding hydrogens is 128 g/mol. The summed E-state index contributed by atoms with van der Waals surface area (Å²) in [5, 5.41) is 8.61. The van der Waals surface area contributed by atoms with E-state index in [0.29, 0.717) is 5.76 Å². The van der Waals surface area contributed by atoms with E-state index in [-0.39, 0.29) is 6.61 Å². The number of hydrogen-bond acceptors (Lipinski definition) is 2. The molecule has 1 aromatic rings. The van der Waals surface area contributed by atoms with Crippen molar-refractivity contribution in [3.63, 3.8) is 0 Å². The van der Waals surface area contributed by atoms with Crippen LogP contribution in [0.5, 0.6) is 0 Å². The van der Waals surface area contributed by atoms with E-state index in [2.05, 4.69) is 6.58 Å². The molecule has 0 spiro atoms. The van der Waals surface area contributed by atoms with Crippen LogP contribution in [0.25, 0.3) is 5.57 Å². The Bertz CT molecular complexity index is 235. The van der Waals surface area contributed by atoms with E-state index in [1.54, 1.807) is 12.1 Å². The van der Waals surface area contributed by atoms with Gasteiger partial charge in [0.25, 0.3) is 0 Å². The molecule has 0 aliphatic heterocycles. The molecule has 2 heteroatoms. The van der Waals surface area contributed by atoms with Crippen LogP contribution in [0, 0.1) is 0 Å². The van der Waals surface area contributed by atoms with Gasteiger partial charge in [-0.15, -0.1) is 0 Å². The fourth-order valence-electron chi connectivity index (χ4n) is 0.692. The lowest BCUT2D eigenvalue weighted by Crippen LogP contribution is -1.74. The van der Waals surface area contributed by atoms with Crippen molar-refractivity contribution in [2.24, 2.45) is 0 Å². The highest BCUT2D eigenvalue weighted by atomic mass is 16.4. The summed E-state index contributed by atoms with van der Waals surface area (Å²) in [7, 11) is 0. The predicted octanol–water partition coefficient (Wildman–Crippen LogP) is 1.81. The molecule has 0 aliphatic rings. The summed E-state index contributed by atoms with van der Waals surface area (Å²) in [5.74, 6) is 1.32. The van der Waals surface area contributed by atoms with Gasteiger partial charge in [-0.1, -0.05) is 6.58 Å². The largest absolute Gasteiger partial charge is 0.459 e. The highest BCUT2D eigenvalue weighted by Crippen LogP contribution is 2.14. The number of furan rings is 1. The van der Waals surface area contributed by atoms with Gasteiger partial charge in [0.15, 0.2) is 0 Å². The zero-order valence-electron chi connectivity index (χ0n) is 5.92. The second-order valence-corrected chi connectivity index (χ2v) is 2.20. The predicted molar refractivity (Wildman–Crippen MR) is 39.3 cm³/mol. The minimum atomic E-state index is -0.0483. The smallest absolute Gasteiger partial charge is 0.130 e. The molecule has 0 bridgehead atoms. The standard InChI is InChI=1S/C8H10O2/c1-6(2)8-4-3-7(5-9)10-8/h3-4,9H,1,5H2,2H3. The second-order valence-electron chi connectivity index (χ2n) is 2.20. The van der Waals surface area contributed by atoms with E-state index in [9.17, 15) is 0 Å². The van der Waals surface area contributed by atoms with Crippen LogP contribution in [-0.4, -0.2) is 5.11 Å². The van der Waals surface area contributed by atoms with Gasteiger partial charge in [-0.05, 0) is 24.6 Å². The van der Waals surface area contributed by atoms with Crippen molar-refractivity contribution in [3.8, 4) is 0 Å². The van der Waals surface area contributed by atoms with Crippen LogP contribution in [0.15, 0.2) is 23.1 Å². The molecule has 0 saturated heterocycles. The highest BCUT2D eigenvalue weighted by Gasteiger charge is 1.99. The van der Waals surface area contributed by atoms with Crippen LogP contribution in [-0.2, 0) is 6.61 Å². The SMILES string of the molecule is C=C(C)c1ccc(CO)o1. The van der Waals surface area contributed by atoms with Gasteiger partial charge in [-0.3, -0.25) is 0 Å². The van der Waals surface area contributed by atoms with Gasteiger partial charge >= 0.3 is 0 Å². The third kappa shape index (κ3) is 1.28. The topological polar surface area (TPSA) is 33.4 Å². The molecule has 0 atom stereocenters. The van der Waals surface area contributed by atoms with Gasteiger partial charge in [-0.2, -0.15) is 0 Å². The van der Waals surface area contributed by atoms with Crippen molar-refractivity contribution < 1.29 is 9.52 Å². The Morgan fingerprint density at radius 1 is 1.70 bits per heavy atom. The van der Waals surface area contributed by atoms with Gasteiger partial charge in [0.05, 0.1) is 0 Å². The normalized spacial score (nSPS) is 9.80. The summed E-state index contributed by atoms with van der Waals surface area (Å²) in [4.78, 5) is 0. The molecule has 0 aromatic carbocycles. The van der Waals surface area contributed by atoms with Crippen LogP contribution in [0.3, 0.4) is 0 Å². The van der Waals surface area contributed by atoms with Gasteiger partial charge in [0.1, 0.15) is 18.1 Å². The van der Waals surface area contributed by atoms with E-state index < -0.39 is 0 Å². The van der Waals surface area contributed by atoms with E-state index in [4.69, 9.17) is 9.52 Å². The molecule has 0 amide bonds. The van der Waals surface area contributed by atoms with Gasteiger partial charge < -0.3 is 9.52 Å². The summed E-state index contributed by atoms with van der Waals surface area (Å²) in [6.45, 7) is 5.51. The number of allylic oxidation sites excluding steroid dienone is 1. The first kappa shape index (κ1) is 7.09. The Hall–Kier alpha value is -1.02. The van der Waals surface area contributed by atoms with Gasteiger partial charge in [0, 0.05) is 0 Å². The Kier molecular flexibility index (Phi) is 1.92.